The fourth-order valence-corrected chi connectivity index (χ4v) is 1.86. The van der Waals surface area contributed by atoms with Crippen LogP contribution in [0.25, 0.3) is 0 Å². The highest BCUT2D eigenvalue weighted by Crippen LogP contribution is 2.39. The lowest BCUT2D eigenvalue weighted by molar-refractivity contribution is 0.533. The number of rotatable bonds is 3. The quantitative estimate of drug-likeness (QED) is 0.797. The first kappa shape index (κ1) is 9.03. The molecule has 13 heavy (non-hydrogen) atoms. The molecule has 1 aliphatic carbocycles. The van der Waals surface area contributed by atoms with E-state index >= 15 is 0 Å². The van der Waals surface area contributed by atoms with Crippen molar-refractivity contribution in [3.05, 3.63) is 17.2 Å². The van der Waals surface area contributed by atoms with E-state index in [2.05, 4.69) is 10.3 Å². The topological polar surface area (TPSA) is 29.9 Å². The van der Waals surface area contributed by atoms with Crippen LogP contribution < -0.4 is 5.32 Å². The van der Waals surface area contributed by atoms with Crippen molar-refractivity contribution in [3.8, 4) is 0 Å². The number of nitrogens with one attached hydrogen (secondary N) is 1. The molecule has 1 aromatic heterocycles. The minimum absolute atomic E-state index is 0.303. The first-order chi connectivity index (χ1) is 6.17. The van der Waals surface area contributed by atoms with Crippen molar-refractivity contribution in [3.63, 3.8) is 0 Å². The average molecular weight is 200 g/mol. The van der Waals surface area contributed by atoms with Gasteiger partial charge in [-0.3, -0.25) is 0 Å². The first-order valence-corrected chi connectivity index (χ1v) is 4.89. The van der Waals surface area contributed by atoms with E-state index in [9.17, 15) is 0 Å². The molecule has 4 heteroatoms. The number of halogens is 1. The maximum absolute atomic E-state index is 5.98. The molecule has 1 N–H and O–H groups in total. The van der Waals surface area contributed by atoms with E-state index in [1.54, 1.807) is 6.33 Å². The number of nitrogens with zero attached hydrogens (tertiary/aromatic N) is 2. The van der Waals surface area contributed by atoms with E-state index in [0.29, 0.717) is 10.7 Å². The van der Waals surface area contributed by atoms with Gasteiger partial charge in [0.2, 0.25) is 0 Å². The summed E-state index contributed by atoms with van der Waals surface area (Å²) < 4.78 is 2.00. The summed E-state index contributed by atoms with van der Waals surface area (Å²) in [5.41, 5.74) is 1.44. The summed E-state index contributed by atoms with van der Waals surface area (Å²) in [6.07, 6.45) is 5.23. The molecular formula is C9H14ClN3. The van der Waals surface area contributed by atoms with Crippen molar-refractivity contribution in [2.45, 2.75) is 24.8 Å². The second-order valence-corrected chi connectivity index (χ2v) is 4.16. The molecule has 1 saturated carbocycles. The van der Waals surface area contributed by atoms with E-state index < -0.39 is 0 Å². The lowest BCUT2D eigenvalue weighted by atomic mass is 10.1. The molecule has 1 aromatic rings. The van der Waals surface area contributed by atoms with Crippen LogP contribution >= 0.6 is 11.6 Å². The summed E-state index contributed by atoms with van der Waals surface area (Å²) in [6, 6.07) is 0. The first-order valence-electron chi connectivity index (χ1n) is 4.51. The predicted molar refractivity (Wildman–Crippen MR) is 52.9 cm³/mol. The third kappa shape index (κ3) is 1.58. The van der Waals surface area contributed by atoms with Gasteiger partial charge < -0.3 is 9.88 Å². The maximum Gasteiger partial charge on any atom is 0.150 e. The molecule has 72 valence electrons. The number of hydrogen-bond acceptors (Lipinski definition) is 2. The zero-order chi connectivity index (χ0) is 9.47. The minimum atomic E-state index is 0.303. The number of likely N-dealkylation sites (N-methyl/N-ethyl adjacent to an activating group) is 1. The Kier molecular flexibility index (Phi) is 2.08. The fourth-order valence-electron chi connectivity index (χ4n) is 1.61. The molecule has 0 aromatic carbocycles. The molecule has 3 nitrogen and oxygen atoms in total. The number of aryl methyl sites for hydroxylation is 1. The summed E-state index contributed by atoms with van der Waals surface area (Å²) in [7, 11) is 4.00. The minimum Gasteiger partial charge on any atom is -0.336 e. The standard InChI is InChI=1S/C9H14ClN3/c1-11-9(3-4-9)5-7-8(10)12-6-13(7)2/h6,11H,3-5H2,1-2H3. The van der Waals surface area contributed by atoms with Crippen molar-refractivity contribution in [1.82, 2.24) is 14.9 Å². The predicted octanol–water partition coefficient (Wildman–Crippen LogP) is 1.37. The van der Waals surface area contributed by atoms with Gasteiger partial charge >= 0.3 is 0 Å². The van der Waals surface area contributed by atoms with Crippen molar-refractivity contribution < 1.29 is 0 Å². The van der Waals surface area contributed by atoms with Gasteiger partial charge in [-0.25, -0.2) is 4.98 Å². The van der Waals surface area contributed by atoms with E-state index in [0.717, 1.165) is 12.1 Å². The van der Waals surface area contributed by atoms with E-state index in [1.165, 1.54) is 12.8 Å². The molecule has 0 amide bonds. The molecule has 1 heterocycles. The van der Waals surface area contributed by atoms with Gasteiger partial charge in [-0.05, 0) is 19.9 Å². The molecule has 0 aliphatic heterocycles. The Hall–Kier alpha value is -0.540. The molecule has 1 aliphatic rings. The molecule has 0 spiro atoms. The number of imidazole rings is 1. The van der Waals surface area contributed by atoms with Gasteiger partial charge in [0.05, 0.1) is 12.0 Å². The fraction of sp³-hybridized carbons (Fsp3) is 0.667. The normalized spacial score (nSPS) is 19.0. The Labute approximate surface area is 83.1 Å². The second-order valence-electron chi connectivity index (χ2n) is 3.80. The van der Waals surface area contributed by atoms with Crippen LogP contribution in [0.2, 0.25) is 5.15 Å². The van der Waals surface area contributed by atoms with Crippen molar-refractivity contribution in [2.75, 3.05) is 7.05 Å². The molecule has 0 saturated heterocycles. The summed E-state index contributed by atoms with van der Waals surface area (Å²) in [4.78, 5) is 4.06. The van der Waals surface area contributed by atoms with Crippen molar-refractivity contribution in [2.24, 2.45) is 7.05 Å². The van der Waals surface area contributed by atoms with Crippen LogP contribution in [0.3, 0.4) is 0 Å². The summed E-state index contributed by atoms with van der Waals surface area (Å²) in [5, 5.41) is 3.99. The van der Waals surface area contributed by atoms with Crippen LogP contribution in [0.15, 0.2) is 6.33 Å². The lowest BCUT2D eigenvalue weighted by Gasteiger charge is -2.14. The third-order valence-electron chi connectivity index (χ3n) is 2.90. The molecular weight excluding hydrogens is 186 g/mol. The zero-order valence-corrected chi connectivity index (χ0v) is 8.73. The summed E-state index contributed by atoms with van der Waals surface area (Å²) in [5.74, 6) is 0. The SMILES string of the molecule is CNC1(Cc2c(Cl)ncn2C)CC1. The van der Waals surface area contributed by atoms with Crippen LogP contribution in [-0.4, -0.2) is 22.1 Å². The Bertz CT molecular complexity index is 295. The highest BCUT2D eigenvalue weighted by molar-refractivity contribution is 6.30. The maximum atomic E-state index is 5.98. The molecule has 0 atom stereocenters. The summed E-state index contributed by atoms with van der Waals surface area (Å²) in [6.45, 7) is 0. The molecule has 2 rings (SSSR count). The Morgan fingerprint density at radius 1 is 1.69 bits per heavy atom. The highest BCUT2D eigenvalue weighted by Gasteiger charge is 2.42. The number of aromatic nitrogens is 2. The van der Waals surface area contributed by atoms with Gasteiger partial charge in [0, 0.05) is 19.0 Å². The zero-order valence-electron chi connectivity index (χ0n) is 7.97. The Balaban J connectivity index is 2.17. The van der Waals surface area contributed by atoms with Gasteiger partial charge in [0.25, 0.3) is 0 Å². The summed E-state index contributed by atoms with van der Waals surface area (Å²) >= 11 is 5.98. The van der Waals surface area contributed by atoms with Crippen LogP contribution in [0.5, 0.6) is 0 Å². The smallest absolute Gasteiger partial charge is 0.150 e. The van der Waals surface area contributed by atoms with E-state index in [4.69, 9.17) is 11.6 Å². The van der Waals surface area contributed by atoms with Crippen molar-refractivity contribution in [1.29, 1.82) is 0 Å². The van der Waals surface area contributed by atoms with Crippen LogP contribution in [-0.2, 0) is 13.5 Å². The number of hydrogen-bond donors (Lipinski definition) is 1. The highest BCUT2D eigenvalue weighted by atomic mass is 35.5. The monoisotopic (exact) mass is 199 g/mol. The van der Waals surface area contributed by atoms with Gasteiger partial charge in [-0.15, -0.1) is 0 Å². The molecule has 1 fully saturated rings. The van der Waals surface area contributed by atoms with Crippen LogP contribution in [0.4, 0.5) is 0 Å². The van der Waals surface area contributed by atoms with E-state index in [1.807, 2.05) is 18.7 Å². The van der Waals surface area contributed by atoms with Gasteiger partial charge in [-0.2, -0.15) is 0 Å². The van der Waals surface area contributed by atoms with Gasteiger partial charge in [0.1, 0.15) is 5.15 Å². The van der Waals surface area contributed by atoms with Crippen molar-refractivity contribution >= 4 is 11.6 Å². The second kappa shape index (κ2) is 3.00. The largest absolute Gasteiger partial charge is 0.336 e. The lowest BCUT2D eigenvalue weighted by Crippen LogP contribution is -2.30. The molecule has 0 unspecified atom stereocenters. The molecule has 0 bridgehead atoms. The Morgan fingerprint density at radius 2 is 2.38 bits per heavy atom. The van der Waals surface area contributed by atoms with Crippen LogP contribution in [0.1, 0.15) is 18.5 Å². The average Bonchev–Trinajstić information content (AvgIpc) is 2.84. The Morgan fingerprint density at radius 3 is 2.77 bits per heavy atom. The molecule has 0 radical (unpaired) electrons. The van der Waals surface area contributed by atoms with E-state index in [-0.39, 0.29) is 0 Å². The third-order valence-corrected chi connectivity index (χ3v) is 3.21. The van der Waals surface area contributed by atoms with Crippen LogP contribution in [0, 0.1) is 0 Å². The van der Waals surface area contributed by atoms with Gasteiger partial charge in [-0.1, -0.05) is 11.6 Å². The van der Waals surface area contributed by atoms with Gasteiger partial charge in [0.15, 0.2) is 0 Å².